The summed E-state index contributed by atoms with van der Waals surface area (Å²) in [6.45, 7) is 6.62. The molecule has 0 unspecified atom stereocenters. The number of carbonyl (C=O) groups is 2. The number of hydrogen-bond donors (Lipinski definition) is 2. The van der Waals surface area contributed by atoms with E-state index in [-0.39, 0.29) is 18.2 Å². The molecular weight excluding hydrogens is 298 g/mol. The monoisotopic (exact) mass is 319 g/mol. The molecule has 2 rings (SSSR count). The fraction of sp³-hybridized carbons (Fsp3) is 0.438. The minimum Gasteiger partial charge on any atom is -0.326 e. The van der Waals surface area contributed by atoms with Gasteiger partial charge in [0.05, 0.1) is 0 Å². The summed E-state index contributed by atoms with van der Waals surface area (Å²) in [5.41, 5.74) is 2.86. The van der Waals surface area contributed by atoms with Gasteiger partial charge in [0.2, 0.25) is 11.8 Å². The molecule has 1 atom stereocenters. The van der Waals surface area contributed by atoms with E-state index in [0.717, 1.165) is 23.2 Å². The Morgan fingerprint density at radius 3 is 2.68 bits per heavy atom. The number of anilines is 1. The molecule has 0 saturated carbocycles. The molecular formula is C16H21N3O2S. The van der Waals surface area contributed by atoms with Crippen LogP contribution in [0.5, 0.6) is 0 Å². The smallest absolute Gasteiger partial charge is 0.240 e. The second kappa shape index (κ2) is 7.45. The van der Waals surface area contributed by atoms with Gasteiger partial charge in [-0.3, -0.25) is 14.6 Å². The first kappa shape index (κ1) is 16.5. The molecule has 2 amide bonds. The molecule has 0 aliphatic carbocycles. The molecule has 0 spiro atoms. The van der Waals surface area contributed by atoms with Crippen molar-refractivity contribution in [3.8, 4) is 0 Å². The highest BCUT2D eigenvalue weighted by Crippen LogP contribution is 2.24. The molecule has 1 heterocycles. The van der Waals surface area contributed by atoms with Gasteiger partial charge in [-0.1, -0.05) is 36.9 Å². The van der Waals surface area contributed by atoms with E-state index in [1.165, 1.54) is 11.8 Å². The van der Waals surface area contributed by atoms with Crippen molar-refractivity contribution in [1.29, 1.82) is 0 Å². The van der Waals surface area contributed by atoms with Crippen LogP contribution in [0.1, 0.15) is 30.9 Å². The number of benzene rings is 1. The van der Waals surface area contributed by atoms with Crippen molar-refractivity contribution < 1.29 is 9.59 Å². The number of aliphatic imine (C=N–C) groups is 1. The molecule has 1 saturated heterocycles. The minimum atomic E-state index is -0.403. The lowest BCUT2D eigenvalue weighted by Crippen LogP contribution is -2.28. The molecule has 0 radical (unpaired) electrons. The summed E-state index contributed by atoms with van der Waals surface area (Å²) in [5.74, 6) is -0.293. The van der Waals surface area contributed by atoms with Gasteiger partial charge in [-0.05, 0) is 31.4 Å². The SMILES string of the molecule is CCCN=C1NC(=O)[C@@H](CC(=O)Nc2c(C)cccc2C)S1. The highest BCUT2D eigenvalue weighted by Gasteiger charge is 2.32. The Morgan fingerprint density at radius 1 is 1.36 bits per heavy atom. The lowest BCUT2D eigenvalue weighted by atomic mass is 10.1. The van der Waals surface area contributed by atoms with E-state index in [4.69, 9.17) is 0 Å². The summed E-state index contributed by atoms with van der Waals surface area (Å²) < 4.78 is 0. The van der Waals surface area contributed by atoms with Crippen molar-refractivity contribution >= 4 is 34.4 Å². The summed E-state index contributed by atoms with van der Waals surface area (Å²) in [5, 5.41) is 5.86. The third-order valence-corrected chi connectivity index (χ3v) is 4.49. The first-order valence-corrected chi connectivity index (χ1v) is 8.27. The molecule has 1 fully saturated rings. The Balaban J connectivity index is 1.97. The second-order valence-corrected chi connectivity index (χ2v) is 6.49. The Morgan fingerprint density at radius 2 is 2.05 bits per heavy atom. The van der Waals surface area contributed by atoms with Crippen molar-refractivity contribution in [2.45, 2.75) is 38.9 Å². The predicted molar refractivity (Wildman–Crippen MR) is 91.3 cm³/mol. The Kier molecular flexibility index (Phi) is 5.60. The van der Waals surface area contributed by atoms with Gasteiger partial charge in [0.25, 0.3) is 0 Å². The number of rotatable bonds is 5. The average molecular weight is 319 g/mol. The lowest BCUT2D eigenvalue weighted by Gasteiger charge is -2.12. The molecule has 1 aromatic rings. The van der Waals surface area contributed by atoms with Crippen molar-refractivity contribution in [1.82, 2.24) is 5.32 Å². The highest BCUT2D eigenvalue weighted by molar-refractivity contribution is 8.15. The maximum Gasteiger partial charge on any atom is 0.240 e. The van der Waals surface area contributed by atoms with Gasteiger partial charge in [-0.25, -0.2) is 0 Å². The van der Waals surface area contributed by atoms with E-state index in [1.807, 2.05) is 39.0 Å². The van der Waals surface area contributed by atoms with Gasteiger partial charge in [-0.2, -0.15) is 0 Å². The van der Waals surface area contributed by atoms with E-state index in [1.54, 1.807) is 0 Å². The molecule has 1 aliphatic heterocycles. The number of amides is 2. The summed E-state index contributed by atoms with van der Waals surface area (Å²) in [6, 6.07) is 5.86. The van der Waals surface area contributed by atoms with Crippen LogP contribution >= 0.6 is 11.8 Å². The molecule has 2 N–H and O–H groups in total. The number of aryl methyl sites for hydroxylation is 2. The van der Waals surface area contributed by atoms with Gasteiger partial charge in [0.15, 0.2) is 5.17 Å². The van der Waals surface area contributed by atoms with Gasteiger partial charge >= 0.3 is 0 Å². The Bertz CT molecular complexity index is 593. The van der Waals surface area contributed by atoms with Crippen LogP contribution < -0.4 is 10.6 Å². The number of hydrogen-bond acceptors (Lipinski definition) is 4. The maximum atomic E-state index is 12.2. The molecule has 1 aliphatic rings. The van der Waals surface area contributed by atoms with E-state index >= 15 is 0 Å². The zero-order chi connectivity index (χ0) is 16.1. The number of amidine groups is 1. The quantitative estimate of drug-likeness (QED) is 0.876. The normalized spacial score (nSPS) is 19.3. The molecule has 118 valence electrons. The average Bonchev–Trinajstić information content (AvgIpc) is 2.81. The summed E-state index contributed by atoms with van der Waals surface area (Å²) in [7, 11) is 0. The first-order valence-electron chi connectivity index (χ1n) is 7.39. The largest absolute Gasteiger partial charge is 0.326 e. The Hall–Kier alpha value is -1.82. The zero-order valence-corrected chi connectivity index (χ0v) is 13.9. The van der Waals surface area contributed by atoms with Crippen molar-refractivity contribution in [2.75, 3.05) is 11.9 Å². The van der Waals surface area contributed by atoms with E-state index < -0.39 is 5.25 Å². The van der Waals surface area contributed by atoms with Crippen LogP contribution in [0.25, 0.3) is 0 Å². The fourth-order valence-corrected chi connectivity index (χ4v) is 3.19. The van der Waals surface area contributed by atoms with Crippen LogP contribution in [-0.2, 0) is 9.59 Å². The molecule has 0 aromatic heterocycles. The topological polar surface area (TPSA) is 70.6 Å². The Labute approximate surface area is 135 Å². The third-order valence-electron chi connectivity index (χ3n) is 3.37. The summed E-state index contributed by atoms with van der Waals surface area (Å²) in [6.07, 6.45) is 1.08. The molecule has 6 heteroatoms. The zero-order valence-electron chi connectivity index (χ0n) is 13.1. The summed E-state index contributed by atoms with van der Waals surface area (Å²) in [4.78, 5) is 28.3. The standard InChI is InChI=1S/C16H21N3O2S/c1-4-8-17-16-19-15(21)12(22-16)9-13(20)18-14-10(2)6-5-7-11(14)3/h5-7,12H,4,8-9H2,1-3H3,(H,18,20)(H,17,19,21)/t12-/m1/s1. The molecule has 5 nitrogen and oxygen atoms in total. The van der Waals surface area contributed by atoms with Gasteiger partial charge in [-0.15, -0.1) is 0 Å². The number of nitrogens with one attached hydrogen (secondary N) is 2. The highest BCUT2D eigenvalue weighted by atomic mass is 32.2. The maximum absolute atomic E-state index is 12.2. The van der Waals surface area contributed by atoms with Crippen molar-refractivity contribution in [3.63, 3.8) is 0 Å². The molecule has 1 aromatic carbocycles. The van der Waals surface area contributed by atoms with Crippen LogP contribution in [0.2, 0.25) is 0 Å². The predicted octanol–water partition coefficient (Wildman–Crippen LogP) is 2.63. The van der Waals surface area contributed by atoms with Crippen LogP contribution in [0.15, 0.2) is 23.2 Å². The van der Waals surface area contributed by atoms with E-state index in [0.29, 0.717) is 11.7 Å². The van der Waals surface area contributed by atoms with Crippen molar-refractivity contribution in [3.05, 3.63) is 29.3 Å². The van der Waals surface area contributed by atoms with Crippen LogP contribution in [0.3, 0.4) is 0 Å². The third kappa shape index (κ3) is 4.10. The number of para-hydroxylation sites is 1. The number of carbonyl (C=O) groups excluding carboxylic acids is 2. The molecule has 22 heavy (non-hydrogen) atoms. The molecule has 0 bridgehead atoms. The van der Waals surface area contributed by atoms with Crippen LogP contribution in [-0.4, -0.2) is 28.8 Å². The second-order valence-electron chi connectivity index (χ2n) is 5.30. The van der Waals surface area contributed by atoms with Gasteiger partial charge in [0.1, 0.15) is 5.25 Å². The number of thioether (sulfide) groups is 1. The van der Waals surface area contributed by atoms with Crippen LogP contribution in [0.4, 0.5) is 5.69 Å². The van der Waals surface area contributed by atoms with Gasteiger partial charge in [0, 0.05) is 18.7 Å². The van der Waals surface area contributed by atoms with E-state index in [9.17, 15) is 9.59 Å². The van der Waals surface area contributed by atoms with E-state index in [2.05, 4.69) is 15.6 Å². The summed E-state index contributed by atoms with van der Waals surface area (Å²) >= 11 is 1.33. The lowest BCUT2D eigenvalue weighted by molar-refractivity contribution is -0.122. The minimum absolute atomic E-state index is 0.142. The van der Waals surface area contributed by atoms with Gasteiger partial charge < -0.3 is 10.6 Å². The first-order chi connectivity index (χ1) is 10.5. The van der Waals surface area contributed by atoms with Crippen molar-refractivity contribution in [2.24, 2.45) is 4.99 Å². The number of nitrogens with zero attached hydrogens (tertiary/aromatic N) is 1. The fourth-order valence-electron chi connectivity index (χ4n) is 2.20. The van der Waals surface area contributed by atoms with Crippen LogP contribution in [0, 0.1) is 13.8 Å².